The van der Waals surface area contributed by atoms with Crippen LogP contribution in [0.4, 0.5) is 0 Å². The van der Waals surface area contributed by atoms with Gasteiger partial charge in [-0.15, -0.1) is 0 Å². The quantitative estimate of drug-likeness (QED) is 0.759. The van der Waals surface area contributed by atoms with Crippen LogP contribution in [0.15, 0.2) is 34.7 Å². The van der Waals surface area contributed by atoms with Crippen molar-refractivity contribution < 1.29 is 13.9 Å². The topological polar surface area (TPSA) is 39.4 Å². The first-order valence-electron chi connectivity index (χ1n) is 6.00. The van der Waals surface area contributed by atoms with Crippen LogP contribution in [0.2, 0.25) is 0 Å². The third-order valence-corrected chi connectivity index (χ3v) is 3.32. The van der Waals surface area contributed by atoms with E-state index in [1.165, 1.54) is 0 Å². The zero-order valence-corrected chi connectivity index (χ0v) is 10.4. The Morgan fingerprint density at radius 2 is 2.06 bits per heavy atom. The van der Waals surface area contributed by atoms with Gasteiger partial charge in [-0.1, -0.05) is 18.2 Å². The Bertz CT molecular complexity index is 610. The second-order valence-electron chi connectivity index (χ2n) is 4.59. The number of rotatable bonds is 2. The molecule has 1 unspecified atom stereocenters. The molecule has 0 N–H and O–H groups in total. The molecular weight excluding hydrogens is 228 g/mol. The fourth-order valence-electron chi connectivity index (χ4n) is 2.44. The molecule has 2 aromatic rings. The van der Waals surface area contributed by atoms with Crippen molar-refractivity contribution in [3.63, 3.8) is 0 Å². The standard InChI is InChI=1S/C15H14O3/c1-9-7-12(10(2)18-9)15(16)13-8-17-14-6-4-3-5-11(13)14/h3-7,13H,8H2,1-2H3. The molecule has 3 nitrogen and oxygen atoms in total. The van der Waals surface area contributed by atoms with Crippen LogP contribution in [0, 0.1) is 13.8 Å². The third-order valence-electron chi connectivity index (χ3n) is 3.32. The summed E-state index contributed by atoms with van der Waals surface area (Å²) in [7, 11) is 0. The molecule has 3 heteroatoms. The van der Waals surface area contributed by atoms with Crippen molar-refractivity contribution in [2.75, 3.05) is 6.61 Å². The molecule has 3 rings (SSSR count). The Balaban J connectivity index is 1.98. The minimum atomic E-state index is -0.211. The minimum Gasteiger partial charge on any atom is -0.492 e. The van der Waals surface area contributed by atoms with E-state index in [9.17, 15) is 4.79 Å². The number of para-hydroxylation sites is 1. The monoisotopic (exact) mass is 242 g/mol. The molecule has 0 aliphatic carbocycles. The van der Waals surface area contributed by atoms with Gasteiger partial charge in [-0.2, -0.15) is 0 Å². The molecule has 92 valence electrons. The lowest BCUT2D eigenvalue weighted by atomic mass is 9.92. The Morgan fingerprint density at radius 3 is 2.78 bits per heavy atom. The van der Waals surface area contributed by atoms with Crippen LogP contribution in [0.25, 0.3) is 0 Å². The highest BCUT2D eigenvalue weighted by Crippen LogP contribution is 2.36. The molecule has 1 aromatic heterocycles. The highest BCUT2D eigenvalue weighted by molar-refractivity contribution is 6.02. The fraction of sp³-hybridized carbons (Fsp3) is 0.267. The summed E-state index contributed by atoms with van der Waals surface area (Å²) < 4.78 is 11.0. The van der Waals surface area contributed by atoms with E-state index in [4.69, 9.17) is 9.15 Å². The van der Waals surface area contributed by atoms with E-state index in [2.05, 4.69) is 0 Å². The van der Waals surface area contributed by atoms with Crippen molar-refractivity contribution in [1.29, 1.82) is 0 Å². The summed E-state index contributed by atoms with van der Waals surface area (Å²) in [5.74, 6) is 2.13. The largest absolute Gasteiger partial charge is 0.492 e. The molecular formula is C15H14O3. The predicted molar refractivity (Wildman–Crippen MR) is 67.2 cm³/mol. The van der Waals surface area contributed by atoms with Crippen LogP contribution < -0.4 is 4.74 Å². The smallest absolute Gasteiger partial charge is 0.177 e. The second-order valence-corrected chi connectivity index (χ2v) is 4.59. The van der Waals surface area contributed by atoms with Gasteiger partial charge in [0, 0.05) is 5.56 Å². The summed E-state index contributed by atoms with van der Waals surface area (Å²) in [5, 5.41) is 0. The molecule has 0 bridgehead atoms. The molecule has 1 aliphatic rings. The average Bonchev–Trinajstić information content (AvgIpc) is 2.92. The van der Waals surface area contributed by atoms with Gasteiger partial charge in [-0.25, -0.2) is 0 Å². The molecule has 0 spiro atoms. The maximum Gasteiger partial charge on any atom is 0.177 e. The number of ketones is 1. The van der Waals surface area contributed by atoms with E-state index in [0.29, 0.717) is 17.9 Å². The van der Waals surface area contributed by atoms with E-state index in [1.54, 1.807) is 6.07 Å². The van der Waals surface area contributed by atoms with E-state index < -0.39 is 0 Å². The molecule has 0 saturated heterocycles. The van der Waals surface area contributed by atoms with Gasteiger partial charge in [0.2, 0.25) is 0 Å². The SMILES string of the molecule is Cc1cc(C(=O)C2COc3ccccc32)c(C)o1. The van der Waals surface area contributed by atoms with Gasteiger partial charge in [-0.3, -0.25) is 4.79 Å². The Hall–Kier alpha value is -2.03. The van der Waals surface area contributed by atoms with Crippen LogP contribution in [0.3, 0.4) is 0 Å². The first kappa shape index (κ1) is 11.1. The number of carbonyl (C=O) groups is 1. The van der Waals surface area contributed by atoms with E-state index >= 15 is 0 Å². The Labute approximate surface area is 105 Å². The van der Waals surface area contributed by atoms with Gasteiger partial charge in [-0.05, 0) is 26.0 Å². The zero-order chi connectivity index (χ0) is 12.7. The fourth-order valence-corrected chi connectivity index (χ4v) is 2.44. The van der Waals surface area contributed by atoms with Crippen molar-refractivity contribution >= 4 is 5.78 Å². The minimum absolute atomic E-state index is 0.0781. The first-order chi connectivity index (χ1) is 8.66. The molecule has 0 saturated carbocycles. The molecule has 18 heavy (non-hydrogen) atoms. The Morgan fingerprint density at radius 1 is 1.28 bits per heavy atom. The van der Waals surface area contributed by atoms with Crippen LogP contribution in [-0.2, 0) is 0 Å². The van der Waals surface area contributed by atoms with Crippen molar-refractivity contribution in [3.05, 3.63) is 53.0 Å². The lowest BCUT2D eigenvalue weighted by Gasteiger charge is -2.06. The number of aryl methyl sites for hydroxylation is 2. The molecule has 0 radical (unpaired) electrons. The number of fused-ring (bicyclic) bond motifs is 1. The number of hydrogen-bond acceptors (Lipinski definition) is 3. The molecule has 1 atom stereocenters. The van der Waals surface area contributed by atoms with Gasteiger partial charge >= 0.3 is 0 Å². The maximum atomic E-state index is 12.5. The van der Waals surface area contributed by atoms with Crippen molar-refractivity contribution in [1.82, 2.24) is 0 Å². The normalized spacial score (nSPS) is 17.3. The lowest BCUT2D eigenvalue weighted by molar-refractivity contribution is 0.0946. The highest BCUT2D eigenvalue weighted by Gasteiger charge is 2.32. The van der Waals surface area contributed by atoms with Gasteiger partial charge in [0.05, 0.1) is 11.5 Å². The number of hydrogen-bond donors (Lipinski definition) is 0. The van der Waals surface area contributed by atoms with Gasteiger partial charge < -0.3 is 9.15 Å². The number of furan rings is 1. The summed E-state index contributed by atoms with van der Waals surface area (Å²) in [4.78, 5) is 12.5. The van der Waals surface area contributed by atoms with Crippen molar-refractivity contribution in [3.8, 4) is 5.75 Å². The maximum absolute atomic E-state index is 12.5. The number of benzene rings is 1. The third kappa shape index (κ3) is 1.63. The summed E-state index contributed by atoms with van der Waals surface area (Å²) in [6.07, 6.45) is 0. The molecule has 1 aliphatic heterocycles. The van der Waals surface area contributed by atoms with Crippen LogP contribution in [-0.4, -0.2) is 12.4 Å². The summed E-state index contributed by atoms with van der Waals surface area (Å²) in [5.41, 5.74) is 1.64. The number of carbonyl (C=O) groups excluding carboxylic acids is 1. The van der Waals surface area contributed by atoms with E-state index in [1.807, 2.05) is 38.1 Å². The summed E-state index contributed by atoms with van der Waals surface area (Å²) in [6, 6.07) is 9.50. The predicted octanol–water partition coefficient (Wildman–Crippen LogP) is 3.26. The first-order valence-corrected chi connectivity index (χ1v) is 6.00. The van der Waals surface area contributed by atoms with Crippen molar-refractivity contribution in [2.24, 2.45) is 0 Å². The van der Waals surface area contributed by atoms with E-state index in [-0.39, 0.29) is 11.7 Å². The summed E-state index contributed by atoms with van der Waals surface area (Å²) in [6.45, 7) is 4.09. The second kappa shape index (κ2) is 4.02. The van der Waals surface area contributed by atoms with Crippen LogP contribution >= 0.6 is 0 Å². The molecule has 1 aromatic carbocycles. The zero-order valence-electron chi connectivity index (χ0n) is 10.4. The molecule has 2 heterocycles. The van der Waals surface area contributed by atoms with Gasteiger partial charge in [0.15, 0.2) is 5.78 Å². The molecule has 0 amide bonds. The molecule has 0 fully saturated rings. The average molecular weight is 242 g/mol. The van der Waals surface area contributed by atoms with Crippen LogP contribution in [0.5, 0.6) is 5.75 Å². The van der Waals surface area contributed by atoms with Gasteiger partial charge in [0.25, 0.3) is 0 Å². The van der Waals surface area contributed by atoms with Crippen LogP contribution in [0.1, 0.15) is 33.4 Å². The highest BCUT2D eigenvalue weighted by atomic mass is 16.5. The number of Topliss-reactive ketones (excluding diaryl/α,β-unsaturated/α-hetero) is 1. The van der Waals surface area contributed by atoms with Gasteiger partial charge in [0.1, 0.15) is 23.9 Å². The lowest BCUT2D eigenvalue weighted by Crippen LogP contribution is -2.14. The summed E-state index contributed by atoms with van der Waals surface area (Å²) >= 11 is 0. The van der Waals surface area contributed by atoms with Crippen molar-refractivity contribution in [2.45, 2.75) is 19.8 Å². The Kier molecular flexibility index (Phi) is 2.47. The van der Waals surface area contributed by atoms with E-state index in [0.717, 1.165) is 17.1 Å². The number of ether oxygens (including phenoxy) is 1.